The smallest absolute Gasteiger partial charge is 0.332 e. The lowest BCUT2D eigenvalue weighted by Crippen LogP contribution is -2.30. The fourth-order valence-corrected chi connectivity index (χ4v) is 1.32. The number of hydrogen-bond acceptors (Lipinski definition) is 3. The molecule has 1 aromatic rings. The van der Waals surface area contributed by atoms with Crippen LogP contribution >= 0.6 is 0 Å². The van der Waals surface area contributed by atoms with Gasteiger partial charge in [-0.25, -0.2) is 9.18 Å². The second-order valence-corrected chi connectivity index (χ2v) is 3.80. The molecular weight excluding hydrogens is 241 g/mol. The van der Waals surface area contributed by atoms with Crippen LogP contribution in [0.1, 0.15) is 12.0 Å². The van der Waals surface area contributed by atoms with E-state index < -0.39 is 12.1 Å². The fraction of sp³-hybridized carbons (Fsp3) is 0.333. The van der Waals surface area contributed by atoms with Gasteiger partial charge in [0.05, 0.1) is 6.42 Å². The number of aliphatic hydroxyl groups is 1. The van der Waals surface area contributed by atoms with Crippen molar-refractivity contribution in [3.63, 3.8) is 0 Å². The quantitative estimate of drug-likeness (QED) is 0.683. The van der Waals surface area contributed by atoms with Gasteiger partial charge in [-0.1, -0.05) is 12.1 Å². The van der Waals surface area contributed by atoms with E-state index in [9.17, 15) is 14.0 Å². The molecule has 0 heterocycles. The summed E-state index contributed by atoms with van der Waals surface area (Å²) in [6, 6.07) is 5.52. The molecule has 0 aromatic heterocycles. The molecule has 18 heavy (non-hydrogen) atoms. The zero-order chi connectivity index (χ0) is 13.5. The minimum Gasteiger partial charge on any atom is -0.479 e. The van der Waals surface area contributed by atoms with Gasteiger partial charge in [-0.15, -0.1) is 0 Å². The van der Waals surface area contributed by atoms with Crippen molar-refractivity contribution < 1.29 is 24.2 Å². The molecule has 98 valence electrons. The molecule has 3 N–H and O–H groups in total. The van der Waals surface area contributed by atoms with Crippen molar-refractivity contribution in [3.8, 4) is 0 Å². The summed E-state index contributed by atoms with van der Waals surface area (Å²) in [5.41, 5.74) is 0.660. The van der Waals surface area contributed by atoms with Gasteiger partial charge in [-0.3, -0.25) is 4.79 Å². The Labute approximate surface area is 103 Å². The molecule has 1 aromatic carbocycles. The summed E-state index contributed by atoms with van der Waals surface area (Å²) >= 11 is 0. The highest BCUT2D eigenvalue weighted by atomic mass is 19.1. The Bertz CT molecular complexity index is 419. The van der Waals surface area contributed by atoms with E-state index in [1.807, 2.05) is 0 Å². The number of rotatable bonds is 6. The van der Waals surface area contributed by atoms with Crippen molar-refractivity contribution in [2.24, 2.45) is 0 Å². The molecule has 6 heteroatoms. The summed E-state index contributed by atoms with van der Waals surface area (Å²) in [5, 5.41) is 19.9. The summed E-state index contributed by atoms with van der Waals surface area (Å²) in [4.78, 5) is 21.7. The Morgan fingerprint density at radius 1 is 1.28 bits per heavy atom. The van der Waals surface area contributed by atoms with Crippen molar-refractivity contribution >= 4 is 11.9 Å². The van der Waals surface area contributed by atoms with E-state index in [1.165, 1.54) is 24.3 Å². The number of halogens is 1. The molecule has 5 nitrogen and oxygen atoms in total. The zero-order valence-electron chi connectivity index (χ0n) is 9.60. The molecule has 0 aliphatic heterocycles. The summed E-state index contributed by atoms with van der Waals surface area (Å²) in [6.45, 7) is 0.0769. The highest BCUT2D eigenvalue weighted by Gasteiger charge is 2.12. The summed E-state index contributed by atoms with van der Waals surface area (Å²) in [6.07, 6.45) is -1.44. The third-order valence-corrected chi connectivity index (χ3v) is 2.30. The van der Waals surface area contributed by atoms with E-state index in [-0.39, 0.29) is 31.1 Å². The first-order valence-corrected chi connectivity index (χ1v) is 5.41. The monoisotopic (exact) mass is 255 g/mol. The summed E-state index contributed by atoms with van der Waals surface area (Å²) < 4.78 is 12.6. The average molecular weight is 255 g/mol. The Kier molecular flexibility index (Phi) is 5.26. The van der Waals surface area contributed by atoms with Crippen LogP contribution in [0.4, 0.5) is 4.39 Å². The molecule has 0 unspecified atom stereocenters. The number of nitrogens with one attached hydrogen (secondary N) is 1. The van der Waals surface area contributed by atoms with E-state index in [4.69, 9.17) is 10.2 Å². The highest BCUT2D eigenvalue weighted by molar-refractivity contribution is 5.78. The largest absolute Gasteiger partial charge is 0.479 e. The molecule has 0 aliphatic rings. The lowest BCUT2D eigenvalue weighted by Gasteiger charge is -2.07. The number of hydrogen-bond donors (Lipinski definition) is 3. The van der Waals surface area contributed by atoms with Gasteiger partial charge in [0.15, 0.2) is 6.10 Å². The van der Waals surface area contributed by atoms with Gasteiger partial charge in [0.1, 0.15) is 5.82 Å². The SMILES string of the molecule is O=C(Cc1ccc(F)cc1)NCC[C@H](O)C(=O)O. The van der Waals surface area contributed by atoms with Gasteiger partial charge in [-0.2, -0.15) is 0 Å². The first-order valence-electron chi connectivity index (χ1n) is 5.41. The van der Waals surface area contributed by atoms with E-state index in [0.717, 1.165) is 0 Å². The molecule has 0 spiro atoms. The minimum atomic E-state index is -1.48. The molecule has 0 bridgehead atoms. The van der Waals surface area contributed by atoms with Crippen LogP contribution < -0.4 is 5.32 Å². The first kappa shape index (κ1) is 14.1. The molecule has 0 radical (unpaired) electrons. The normalized spacial score (nSPS) is 11.9. The van der Waals surface area contributed by atoms with E-state index >= 15 is 0 Å². The minimum absolute atomic E-state index is 0.0511. The second-order valence-electron chi connectivity index (χ2n) is 3.80. The molecule has 0 saturated carbocycles. The van der Waals surface area contributed by atoms with Crippen LogP contribution in [0.3, 0.4) is 0 Å². The van der Waals surface area contributed by atoms with Crippen LogP contribution in [0.25, 0.3) is 0 Å². The Morgan fingerprint density at radius 3 is 2.44 bits per heavy atom. The molecule has 1 amide bonds. The third kappa shape index (κ3) is 4.92. The summed E-state index contributed by atoms with van der Waals surface area (Å²) in [5.74, 6) is -1.99. The maximum atomic E-state index is 12.6. The van der Waals surface area contributed by atoms with Crippen LogP contribution in [-0.2, 0) is 16.0 Å². The number of carboxylic acids is 1. The van der Waals surface area contributed by atoms with Crippen molar-refractivity contribution in [2.45, 2.75) is 18.9 Å². The predicted molar refractivity (Wildman–Crippen MR) is 61.4 cm³/mol. The maximum absolute atomic E-state index is 12.6. The zero-order valence-corrected chi connectivity index (χ0v) is 9.60. The topological polar surface area (TPSA) is 86.6 Å². The lowest BCUT2D eigenvalue weighted by atomic mass is 10.1. The Morgan fingerprint density at radius 2 is 1.89 bits per heavy atom. The predicted octanol–water partition coefficient (Wildman–Crippen LogP) is 0.320. The van der Waals surface area contributed by atoms with Crippen molar-refractivity contribution in [3.05, 3.63) is 35.6 Å². The van der Waals surface area contributed by atoms with E-state index in [2.05, 4.69) is 5.32 Å². The van der Waals surface area contributed by atoms with Crippen molar-refractivity contribution in [1.29, 1.82) is 0 Å². The third-order valence-electron chi connectivity index (χ3n) is 2.30. The number of carbonyl (C=O) groups excluding carboxylic acids is 1. The molecule has 1 rings (SSSR count). The molecular formula is C12H14FNO4. The van der Waals surface area contributed by atoms with Crippen LogP contribution in [0.5, 0.6) is 0 Å². The number of aliphatic hydroxyl groups excluding tert-OH is 1. The maximum Gasteiger partial charge on any atom is 0.332 e. The molecule has 0 saturated heterocycles. The number of carbonyl (C=O) groups is 2. The van der Waals surface area contributed by atoms with Crippen LogP contribution in [0.15, 0.2) is 24.3 Å². The molecule has 0 aliphatic carbocycles. The lowest BCUT2D eigenvalue weighted by molar-refractivity contribution is -0.147. The van der Waals surface area contributed by atoms with Crippen molar-refractivity contribution in [1.82, 2.24) is 5.32 Å². The van der Waals surface area contributed by atoms with Crippen LogP contribution in [-0.4, -0.2) is 34.7 Å². The number of carboxylic acid groups (broad SMARTS) is 1. The van der Waals surface area contributed by atoms with Gasteiger partial charge in [0, 0.05) is 13.0 Å². The van der Waals surface area contributed by atoms with Crippen LogP contribution in [0, 0.1) is 5.82 Å². The van der Waals surface area contributed by atoms with E-state index in [0.29, 0.717) is 5.56 Å². The van der Waals surface area contributed by atoms with Crippen molar-refractivity contribution in [2.75, 3.05) is 6.54 Å². The number of amides is 1. The average Bonchev–Trinajstić information content (AvgIpc) is 2.32. The highest BCUT2D eigenvalue weighted by Crippen LogP contribution is 2.03. The molecule has 0 fully saturated rings. The van der Waals surface area contributed by atoms with Gasteiger partial charge >= 0.3 is 5.97 Å². The van der Waals surface area contributed by atoms with Gasteiger partial charge in [0.2, 0.25) is 5.91 Å². The standard InChI is InChI=1S/C12H14FNO4/c13-9-3-1-8(2-4-9)7-11(16)14-6-5-10(15)12(17)18/h1-4,10,15H,5-7H2,(H,14,16)(H,17,18)/t10-/m0/s1. The van der Waals surface area contributed by atoms with E-state index in [1.54, 1.807) is 0 Å². The Hall–Kier alpha value is -1.95. The molecule has 1 atom stereocenters. The number of aliphatic carboxylic acids is 1. The van der Waals surface area contributed by atoms with Crippen LogP contribution in [0.2, 0.25) is 0 Å². The Balaban J connectivity index is 2.30. The first-order chi connectivity index (χ1) is 8.49. The van der Waals surface area contributed by atoms with Gasteiger partial charge in [-0.05, 0) is 17.7 Å². The number of benzene rings is 1. The fourth-order valence-electron chi connectivity index (χ4n) is 1.32. The van der Waals surface area contributed by atoms with Gasteiger partial charge < -0.3 is 15.5 Å². The second kappa shape index (κ2) is 6.70. The van der Waals surface area contributed by atoms with Gasteiger partial charge in [0.25, 0.3) is 0 Å². The summed E-state index contributed by atoms with van der Waals surface area (Å²) in [7, 11) is 0.